The van der Waals surface area contributed by atoms with Crippen LogP contribution in [0.15, 0.2) is 18.3 Å². The maximum Gasteiger partial charge on any atom is 0.407 e. The second kappa shape index (κ2) is 7.81. The van der Waals surface area contributed by atoms with E-state index in [1.807, 2.05) is 0 Å². The highest BCUT2D eigenvalue weighted by molar-refractivity contribution is 5.65. The Balaban J connectivity index is 1.88. The number of amides is 1. The molecular weight excluding hydrogens is 387 g/mol. The molecule has 10 heteroatoms. The molecule has 28 heavy (non-hydrogen) atoms. The van der Waals surface area contributed by atoms with Gasteiger partial charge in [-0.15, -0.1) is 0 Å². The number of alkyl halides is 5. The Labute approximate surface area is 158 Å². The van der Waals surface area contributed by atoms with Gasteiger partial charge >= 0.3 is 6.09 Å². The first kappa shape index (κ1) is 20.8. The fraction of sp³-hybridized carbons (Fsp3) is 0.667. The van der Waals surface area contributed by atoms with E-state index >= 15 is 0 Å². The predicted molar refractivity (Wildman–Crippen MR) is 87.9 cm³/mol. The van der Waals surface area contributed by atoms with Crippen LogP contribution >= 0.6 is 0 Å². The van der Waals surface area contributed by atoms with Crippen molar-refractivity contribution in [2.45, 2.75) is 44.4 Å². The monoisotopic (exact) mass is 408 g/mol. The van der Waals surface area contributed by atoms with E-state index in [0.717, 1.165) is 12.3 Å². The normalized spacial score (nSPS) is 26.4. The van der Waals surface area contributed by atoms with Gasteiger partial charge in [-0.25, -0.2) is 26.7 Å². The molecule has 1 spiro atoms. The summed E-state index contributed by atoms with van der Waals surface area (Å²) in [5, 5.41) is 18.5. The maximum atomic E-state index is 13.7. The maximum absolute atomic E-state index is 13.7. The summed E-state index contributed by atoms with van der Waals surface area (Å²) in [5.41, 5.74) is -0.750. The number of nitrogens with zero attached hydrogens (tertiary/aromatic N) is 2. The molecule has 0 aromatic carbocycles. The zero-order chi connectivity index (χ0) is 20.6. The number of rotatable bonds is 5. The molecule has 1 aromatic heterocycles. The summed E-state index contributed by atoms with van der Waals surface area (Å²) < 4.78 is 66.4. The van der Waals surface area contributed by atoms with Gasteiger partial charge in [0.25, 0.3) is 6.43 Å². The lowest BCUT2D eigenvalue weighted by atomic mass is 9.46. The number of halogens is 5. The van der Waals surface area contributed by atoms with Crippen molar-refractivity contribution in [1.29, 1.82) is 0 Å². The quantitative estimate of drug-likeness (QED) is 0.721. The zero-order valence-electron chi connectivity index (χ0n) is 14.8. The summed E-state index contributed by atoms with van der Waals surface area (Å²) in [5.74, 6) is -3.53. The van der Waals surface area contributed by atoms with Crippen molar-refractivity contribution in [3.8, 4) is 0 Å². The third kappa shape index (κ3) is 3.66. The van der Waals surface area contributed by atoms with Crippen molar-refractivity contribution < 1.29 is 37.0 Å². The third-order valence-corrected chi connectivity index (χ3v) is 6.26. The second-order valence-electron chi connectivity index (χ2n) is 7.57. The predicted octanol–water partition coefficient (Wildman–Crippen LogP) is 4.05. The molecule has 1 aliphatic heterocycles. The molecule has 0 radical (unpaired) electrons. The van der Waals surface area contributed by atoms with Crippen molar-refractivity contribution in [3.63, 3.8) is 0 Å². The van der Waals surface area contributed by atoms with Gasteiger partial charge in [0.2, 0.25) is 12.8 Å². The molecule has 1 saturated heterocycles. The highest BCUT2D eigenvalue weighted by atomic mass is 19.3. The summed E-state index contributed by atoms with van der Waals surface area (Å²) in [4.78, 5) is 16.2. The molecule has 5 nitrogen and oxygen atoms in total. The van der Waals surface area contributed by atoms with E-state index in [2.05, 4.69) is 4.98 Å². The van der Waals surface area contributed by atoms with E-state index in [-0.39, 0.29) is 31.5 Å². The van der Waals surface area contributed by atoms with Crippen LogP contribution in [0.4, 0.5) is 26.7 Å². The van der Waals surface area contributed by atoms with E-state index in [4.69, 9.17) is 5.11 Å². The average molecular weight is 408 g/mol. The summed E-state index contributed by atoms with van der Waals surface area (Å²) in [6, 6.07) is 2.48. The molecule has 156 valence electrons. The first-order valence-corrected chi connectivity index (χ1v) is 8.98. The van der Waals surface area contributed by atoms with Gasteiger partial charge in [0.1, 0.15) is 0 Å². The Morgan fingerprint density at radius 2 is 1.82 bits per heavy atom. The number of aromatic nitrogens is 1. The van der Waals surface area contributed by atoms with Crippen LogP contribution in [0.3, 0.4) is 0 Å². The van der Waals surface area contributed by atoms with Gasteiger partial charge in [0.05, 0.1) is 5.92 Å². The van der Waals surface area contributed by atoms with Gasteiger partial charge < -0.3 is 15.1 Å². The molecule has 2 N–H and O–H groups in total. The number of pyridine rings is 1. The Bertz CT molecular complexity index is 685. The van der Waals surface area contributed by atoms with Crippen molar-refractivity contribution in [2.75, 3.05) is 13.1 Å². The van der Waals surface area contributed by atoms with Gasteiger partial charge in [-0.05, 0) is 42.7 Å². The minimum absolute atomic E-state index is 0.134. The standard InChI is InChI=1S/C18H21F5N2O3/c19-14(20)9-1-2-11(24-8-9)10-7-18(3-5-25(6-4-18)17(27)28)13(10)12(15(21)22)16(23)26/h1-2,8,10,12-16,26H,3-7H2,(H,27,28). The van der Waals surface area contributed by atoms with E-state index < -0.39 is 48.5 Å². The van der Waals surface area contributed by atoms with Gasteiger partial charge in [0, 0.05) is 36.5 Å². The lowest BCUT2D eigenvalue weighted by Crippen LogP contribution is -2.58. The molecule has 4 atom stereocenters. The fourth-order valence-electron chi connectivity index (χ4n) is 4.83. The number of aliphatic hydroxyl groups is 1. The molecule has 1 saturated carbocycles. The molecule has 1 aromatic rings. The molecular formula is C18H21F5N2O3. The molecule has 4 unspecified atom stereocenters. The summed E-state index contributed by atoms with van der Waals surface area (Å²) >= 11 is 0. The number of hydrogen-bond donors (Lipinski definition) is 2. The second-order valence-corrected chi connectivity index (χ2v) is 7.57. The summed E-state index contributed by atoms with van der Waals surface area (Å²) in [6.45, 7) is 0.267. The first-order valence-electron chi connectivity index (χ1n) is 8.98. The van der Waals surface area contributed by atoms with E-state index in [9.17, 15) is 31.9 Å². The Hall–Kier alpha value is -1.97. The van der Waals surface area contributed by atoms with Crippen LogP contribution in [0.25, 0.3) is 0 Å². The number of aliphatic hydroxyl groups excluding tert-OH is 1. The minimum Gasteiger partial charge on any atom is -0.465 e. The number of carboxylic acid groups (broad SMARTS) is 1. The van der Waals surface area contributed by atoms with Gasteiger partial charge in [-0.1, -0.05) is 0 Å². The number of hydrogen-bond acceptors (Lipinski definition) is 3. The highest BCUT2D eigenvalue weighted by Gasteiger charge is 2.61. The molecule has 2 heterocycles. The highest BCUT2D eigenvalue weighted by Crippen LogP contribution is 2.64. The van der Waals surface area contributed by atoms with Gasteiger partial charge in [-0.3, -0.25) is 4.98 Å². The first-order chi connectivity index (χ1) is 13.2. The molecule has 2 fully saturated rings. The number of carbonyl (C=O) groups is 1. The topological polar surface area (TPSA) is 73.7 Å². The van der Waals surface area contributed by atoms with Crippen LogP contribution in [0.2, 0.25) is 0 Å². The van der Waals surface area contributed by atoms with Crippen molar-refractivity contribution in [1.82, 2.24) is 9.88 Å². The van der Waals surface area contributed by atoms with Crippen LogP contribution in [0, 0.1) is 17.3 Å². The smallest absolute Gasteiger partial charge is 0.407 e. The van der Waals surface area contributed by atoms with Crippen LogP contribution in [0.1, 0.15) is 42.9 Å². The van der Waals surface area contributed by atoms with Crippen LogP contribution in [-0.2, 0) is 0 Å². The minimum atomic E-state index is -3.12. The Kier molecular flexibility index (Phi) is 5.79. The fourth-order valence-corrected chi connectivity index (χ4v) is 4.83. The van der Waals surface area contributed by atoms with E-state index in [0.29, 0.717) is 12.1 Å². The molecule has 1 aliphatic carbocycles. The largest absolute Gasteiger partial charge is 0.465 e. The van der Waals surface area contributed by atoms with Crippen LogP contribution in [0.5, 0.6) is 0 Å². The van der Waals surface area contributed by atoms with Crippen molar-refractivity contribution in [3.05, 3.63) is 29.6 Å². The molecule has 2 aliphatic rings. The molecule has 0 bridgehead atoms. The summed E-state index contributed by atoms with van der Waals surface area (Å²) in [7, 11) is 0. The average Bonchev–Trinajstić information content (AvgIpc) is 2.64. The Morgan fingerprint density at radius 3 is 2.25 bits per heavy atom. The van der Waals surface area contributed by atoms with Crippen molar-refractivity contribution in [2.24, 2.45) is 17.3 Å². The lowest BCUT2D eigenvalue weighted by molar-refractivity contribution is -0.179. The zero-order valence-corrected chi connectivity index (χ0v) is 14.8. The van der Waals surface area contributed by atoms with Crippen molar-refractivity contribution >= 4 is 6.09 Å². The van der Waals surface area contributed by atoms with E-state index in [1.54, 1.807) is 0 Å². The van der Waals surface area contributed by atoms with E-state index in [1.165, 1.54) is 11.0 Å². The summed E-state index contributed by atoms with van der Waals surface area (Å²) in [6.07, 6.45) is -7.82. The Morgan fingerprint density at radius 1 is 1.18 bits per heavy atom. The van der Waals surface area contributed by atoms with Crippen LogP contribution < -0.4 is 0 Å². The third-order valence-electron chi connectivity index (χ3n) is 6.26. The number of piperidine rings is 1. The lowest BCUT2D eigenvalue weighted by Gasteiger charge is -2.60. The van der Waals surface area contributed by atoms with Gasteiger partial charge in [0.15, 0.2) is 0 Å². The molecule has 3 rings (SSSR count). The SMILES string of the molecule is O=C(O)N1CCC2(CC1)CC(c1ccc(C(F)F)cn1)C2C(C(O)F)C(F)F. The van der Waals surface area contributed by atoms with Gasteiger partial charge in [-0.2, -0.15) is 0 Å². The molecule has 1 amide bonds. The number of likely N-dealkylation sites (tertiary alicyclic amines) is 1. The van der Waals surface area contributed by atoms with Crippen LogP contribution in [-0.4, -0.2) is 52.1 Å².